The predicted octanol–water partition coefficient (Wildman–Crippen LogP) is 2.65. The number of hydrogen-bond acceptors (Lipinski definition) is 3. The van der Waals surface area contributed by atoms with Gasteiger partial charge in [-0.15, -0.1) is 0 Å². The van der Waals surface area contributed by atoms with E-state index in [9.17, 15) is 5.11 Å². The van der Waals surface area contributed by atoms with Crippen LogP contribution >= 0.6 is 0 Å². The molecule has 108 valence electrons. The monoisotopic (exact) mass is 264 g/mol. The van der Waals surface area contributed by atoms with Crippen LogP contribution in [-0.2, 0) is 0 Å². The average Bonchev–Trinajstić information content (AvgIpc) is 2.45. The first-order chi connectivity index (χ1) is 9.15. The quantitative estimate of drug-likeness (QED) is 0.720. The molecule has 0 saturated heterocycles. The lowest BCUT2D eigenvalue weighted by atomic mass is 10.0. The van der Waals surface area contributed by atoms with Crippen LogP contribution in [-0.4, -0.2) is 36.9 Å². The first-order valence-electron chi connectivity index (χ1n) is 7.31. The van der Waals surface area contributed by atoms with E-state index in [0.29, 0.717) is 0 Å². The maximum absolute atomic E-state index is 9.65. The minimum Gasteiger partial charge on any atom is -0.394 e. The van der Waals surface area contributed by atoms with Gasteiger partial charge >= 0.3 is 0 Å². The number of hydrogen-bond donors (Lipinski definition) is 2. The number of nitrogens with one attached hydrogen (secondary N) is 1. The number of aliphatic hydroxyl groups excluding tert-OH is 1. The highest BCUT2D eigenvalue weighted by Gasteiger charge is 2.25. The van der Waals surface area contributed by atoms with E-state index in [2.05, 4.69) is 55.3 Å². The molecule has 1 rings (SSSR count). The summed E-state index contributed by atoms with van der Waals surface area (Å²) in [5.41, 5.74) is 0.978. The van der Waals surface area contributed by atoms with E-state index < -0.39 is 0 Å². The molecule has 0 bridgehead atoms. The van der Waals surface area contributed by atoms with Crippen molar-refractivity contribution in [3.05, 3.63) is 30.3 Å². The van der Waals surface area contributed by atoms with E-state index in [1.54, 1.807) is 0 Å². The van der Waals surface area contributed by atoms with Crippen molar-refractivity contribution in [1.29, 1.82) is 0 Å². The fraction of sp³-hybridized carbons (Fsp3) is 0.625. The van der Waals surface area contributed by atoms with Crippen LogP contribution in [0.15, 0.2) is 30.3 Å². The van der Waals surface area contributed by atoms with Crippen LogP contribution in [0.25, 0.3) is 0 Å². The molecule has 0 fully saturated rings. The molecule has 0 amide bonds. The second-order valence-corrected chi connectivity index (χ2v) is 5.36. The number of anilines is 1. The molecule has 3 nitrogen and oxygen atoms in total. The third-order valence-electron chi connectivity index (χ3n) is 3.40. The zero-order chi connectivity index (χ0) is 14.1. The Labute approximate surface area is 117 Å². The number of benzene rings is 1. The first-order valence-corrected chi connectivity index (χ1v) is 7.31. The Morgan fingerprint density at radius 3 is 2.42 bits per heavy atom. The van der Waals surface area contributed by atoms with Crippen molar-refractivity contribution in [2.75, 3.05) is 31.1 Å². The number of aliphatic hydroxyl groups is 1. The molecule has 2 N–H and O–H groups in total. The van der Waals surface area contributed by atoms with E-state index in [1.807, 2.05) is 6.07 Å². The summed E-state index contributed by atoms with van der Waals surface area (Å²) in [6, 6.07) is 10.4. The van der Waals surface area contributed by atoms with Gasteiger partial charge in [0.05, 0.1) is 12.1 Å². The van der Waals surface area contributed by atoms with Gasteiger partial charge in [0.15, 0.2) is 0 Å². The van der Waals surface area contributed by atoms with Crippen molar-refractivity contribution in [3.63, 3.8) is 0 Å². The molecule has 0 aliphatic heterocycles. The Hall–Kier alpha value is -1.06. The number of likely N-dealkylation sites (N-methyl/N-ethyl adjacent to an activating group) is 1. The second kappa shape index (κ2) is 8.18. The molecule has 3 heteroatoms. The van der Waals surface area contributed by atoms with Gasteiger partial charge in [0.2, 0.25) is 0 Å². The Kier molecular flexibility index (Phi) is 6.89. The van der Waals surface area contributed by atoms with Crippen LogP contribution in [0.3, 0.4) is 0 Å². The van der Waals surface area contributed by atoms with E-state index >= 15 is 0 Å². The molecule has 1 unspecified atom stereocenters. The van der Waals surface area contributed by atoms with Gasteiger partial charge < -0.3 is 15.3 Å². The molecule has 1 aromatic carbocycles. The fourth-order valence-corrected chi connectivity index (χ4v) is 2.30. The van der Waals surface area contributed by atoms with Gasteiger partial charge in [0, 0.05) is 18.8 Å². The van der Waals surface area contributed by atoms with Crippen molar-refractivity contribution in [2.45, 2.75) is 39.2 Å². The summed E-state index contributed by atoms with van der Waals surface area (Å²) in [5, 5.41) is 13.0. The molecular weight excluding hydrogens is 236 g/mol. The van der Waals surface area contributed by atoms with Crippen molar-refractivity contribution in [2.24, 2.45) is 0 Å². The van der Waals surface area contributed by atoms with Gasteiger partial charge in [-0.3, -0.25) is 0 Å². The van der Waals surface area contributed by atoms with Gasteiger partial charge in [-0.1, -0.05) is 38.5 Å². The highest BCUT2D eigenvalue weighted by molar-refractivity contribution is 5.46. The number of unbranched alkanes of at least 4 members (excludes halogenated alkanes) is 1. The third-order valence-corrected chi connectivity index (χ3v) is 3.40. The molecule has 1 aromatic rings. The van der Waals surface area contributed by atoms with Gasteiger partial charge in [0.1, 0.15) is 0 Å². The maximum atomic E-state index is 9.65. The standard InChI is InChI=1S/C16H28N2O/c1-4-6-12-18(15-10-8-7-9-11-15)13-16(3,14-19)17-5-2/h7-11,17,19H,4-6,12-14H2,1-3H3. The first kappa shape index (κ1) is 16.0. The molecule has 0 radical (unpaired) electrons. The Balaban J connectivity index is 2.79. The SMILES string of the molecule is CCCCN(CC(C)(CO)NCC)c1ccccc1. The van der Waals surface area contributed by atoms with Crippen LogP contribution < -0.4 is 10.2 Å². The topological polar surface area (TPSA) is 35.5 Å². The Morgan fingerprint density at radius 2 is 1.89 bits per heavy atom. The molecule has 0 saturated carbocycles. The van der Waals surface area contributed by atoms with Gasteiger partial charge in [-0.05, 0) is 32.0 Å². The van der Waals surface area contributed by atoms with Gasteiger partial charge in [-0.2, -0.15) is 0 Å². The minimum absolute atomic E-state index is 0.149. The van der Waals surface area contributed by atoms with Crippen LogP contribution in [0, 0.1) is 0 Å². The normalized spacial score (nSPS) is 14.1. The van der Waals surface area contributed by atoms with Crippen molar-refractivity contribution in [1.82, 2.24) is 5.32 Å². The summed E-state index contributed by atoms with van der Waals surface area (Å²) < 4.78 is 0. The number of rotatable bonds is 9. The zero-order valence-electron chi connectivity index (χ0n) is 12.5. The molecule has 0 aromatic heterocycles. The summed E-state index contributed by atoms with van der Waals surface area (Å²) in [5.74, 6) is 0. The highest BCUT2D eigenvalue weighted by atomic mass is 16.3. The summed E-state index contributed by atoms with van der Waals surface area (Å²) >= 11 is 0. The van der Waals surface area contributed by atoms with Crippen LogP contribution in [0.5, 0.6) is 0 Å². The number of nitrogens with zero attached hydrogens (tertiary/aromatic N) is 1. The zero-order valence-corrected chi connectivity index (χ0v) is 12.5. The molecule has 19 heavy (non-hydrogen) atoms. The van der Waals surface area contributed by atoms with Crippen molar-refractivity contribution >= 4 is 5.69 Å². The van der Waals surface area contributed by atoms with E-state index in [4.69, 9.17) is 0 Å². The van der Waals surface area contributed by atoms with Crippen molar-refractivity contribution < 1.29 is 5.11 Å². The van der Waals surface area contributed by atoms with E-state index in [1.165, 1.54) is 18.5 Å². The largest absolute Gasteiger partial charge is 0.394 e. The third kappa shape index (κ3) is 5.21. The number of para-hydroxylation sites is 1. The lowest BCUT2D eigenvalue weighted by molar-refractivity contribution is 0.179. The summed E-state index contributed by atoms with van der Waals surface area (Å²) in [6.45, 7) is 9.23. The molecule has 0 heterocycles. The van der Waals surface area contributed by atoms with Crippen LogP contribution in [0.4, 0.5) is 5.69 Å². The molecule has 1 atom stereocenters. The summed E-state index contributed by atoms with van der Waals surface area (Å²) in [4.78, 5) is 2.36. The van der Waals surface area contributed by atoms with E-state index in [-0.39, 0.29) is 12.1 Å². The molecule has 0 aliphatic carbocycles. The van der Waals surface area contributed by atoms with Crippen LogP contribution in [0.1, 0.15) is 33.6 Å². The predicted molar refractivity (Wildman–Crippen MR) is 82.7 cm³/mol. The summed E-state index contributed by atoms with van der Waals surface area (Å²) in [6.07, 6.45) is 2.35. The van der Waals surface area contributed by atoms with Crippen molar-refractivity contribution in [3.8, 4) is 0 Å². The average molecular weight is 264 g/mol. The smallest absolute Gasteiger partial charge is 0.0627 e. The van der Waals surface area contributed by atoms with E-state index in [0.717, 1.165) is 19.6 Å². The fourth-order valence-electron chi connectivity index (χ4n) is 2.30. The van der Waals surface area contributed by atoms with Crippen LogP contribution in [0.2, 0.25) is 0 Å². The molecule has 0 spiro atoms. The van der Waals surface area contributed by atoms with Gasteiger partial charge in [0.25, 0.3) is 0 Å². The van der Waals surface area contributed by atoms with Gasteiger partial charge in [-0.25, -0.2) is 0 Å². The summed E-state index contributed by atoms with van der Waals surface area (Å²) in [7, 11) is 0. The molecule has 0 aliphatic rings. The second-order valence-electron chi connectivity index (χ2n) is 5.36. The maximum Gasteiger partial charge on any atom is 0.0627 e. The lowest BCUT2D eigenvalue weighted by Crippen LogP contribution is -2.54. The Morgan fingerprint density at radius 1 is 1.21 bits per heavy atom. The molecular formula is C16H28N2O. The lowest BCUT2D eigenvalue weighted by Gasteiger charge is -2.36. The Bertz CT molecular complexity index is 342. The highest BCUT2D eigenvalue weighted by Crippen LogP contribution is 2.17. The minimum atomic E-state index is -0.252.